The van der Waals surface area contributed by atoms with E-state index in [1.165, 1.54) is 58.7 Å². The van der Waals surface area contributed by atoms with Crippen molar-refractivity contribution < 1.29 is 5.11 Å². The summed E-state index contributed by atoms with van der Waals surface area (Å²) in [5.41, 5.74) is 0. The summed E-state index contributed by atoms with van der Waals surface area (Å²) in [7, 11) is 0. The SMILES string of the molecule is OC1CC(N2CCN(CC3CCNCC3)CC2)C1. The van der Waals surface area contributed by atoms with Crippen molar-refractivity contribution in [2.24, 2.45) is 5.92 Å². The average Bonchev–Trinajstić information content (AvgIpc) is 2.38. The fraction of sp³-hybridized carbons (Fsp3) is 1.00. The molecule has 1 aliphatic carbocycles. The molecule has 4 heteroatoms. The van der Waals surface area contributed by atoms with Gasteiger partial charge in [0, 0.05) is 38.8 Å². The lowest BCUT2D eigenvalue weighted by Crippen LogP contribution is -2.55. The first-order valence-electron chi connectivity index (χ1n) is 7.66. The van der Waals surface area contributed by atoms with Gasteiger partial charge in [0.25, 0.3) is 0 Å². The molecular weight excluding hydrogens is 226 g/mol. The largest absolute Gasteiger partial charge is 0.393 e. The highest BCUT2D eigenvalue weighted by molar-refractivity contribution is 4.89. The fourth-order valence-electron chi connectivity index (χ4n) is 3.60. The van der Waals surface area contributed by atoms with E-state index in [4.69, 9.17) is 0 Å². The van der Waals surface area contributed by atoms with E-state index in [0.29, 0.717) is 6.04 Å². The van der Waals surface area contributed by atoms with E-state index >= 15 is 0 Å². The molecule has 3 rings (SSSR count). The molecule has 2 heterocycles. The van der Waals surface area contributed by atoms with Gasteiger partial charge >= 0.3 is 0 Å². The summed E-state index contributed by atoms with van der Waals surface area (Å²) in [4.78, 5) is 5.24. The van der Waals surface area contributed by atoms with Gasteiger partial charge in [-0.1, -0.05) is 0 Å². The number of nitrogens with one attached hydrogen (secondary N) is 1. The van der Waals surface area contributed by atoms with Gasteiger partial charge in [0.1, 0.15) is 0 Å². The minimum absolute atomic E-state index is 0.0113. The molecule has 2 N–H and O–H groups in total. The number of aliphatic hydroxyl groups is 1. The molecule has 0 aromatic rings. The van der Waals surface area contributed by atoms with Crippen LogP contribution in [0.25, 0.3) is 0 Å². The molecule has 0 spiro atoms. The minimum Gasteiger partial charge on any atom is -0.393 e. The molecule has 2 aliphatic heterocycles. The van der Waals surface area contributed by atoms with Gasteiger partial charge in [-0.05, 0) is 44.7 Å². The smallest absolute Gasteiger partial charge is 0.0570 e. The van der Waals surface area contributed by atoms with Crippen molar-refractivity contribution in [1.29, 1.82) is 0 Å². The lowest BCUT2D eigenvalue weighted by molar-refractivity contribution is -0.0196. The summed E-state index contributed by atoms with van der Waals surface area (Å²) in [6.07, 6.45) is 4.72. The summed E-state index contributed by atoms with van der Waals surface area (Å²) in [5, 5.41) is 12.8. The van der Waals surface area contributed by atoms with E-state index in [1.807, 2.05) is 0 Å². The Morgan fingerprint density at radius 1 is 1.00 bits per heavy atom. The minimum atomic E-state index is -0.0113. The van der Waals surface area contributed by atoms with Crippen molar-refractivity contribution in [3.8, 4) is 0 Å². The molecule has 104 valence electrons. The summed E-state index contributed by atoms with van der Waals surface area (Å²) in [6, 6.07) is 0.682. The Morgan fingerprint density at radius 2 is 1.67 bits per heavy atom. The lowest BCUT2D eigenvalue weighted by Gasteiger charge is -2.45. The van der Waals surface area contributed by atoms with Gasteiger partial charge < -0.3 is 15.3 Å². The number of hydrogen-bond acceptors (Lipinski definition) is 4. The Balaban J connectivity index is 1.37. The first-order chi connectivity index (χ1) is 8.81. The van der Waals surface area contributed by atoms with Crippen LogP contribution in [0.5, 0.6) is 0 Å². The zero-order valence-electron chi connectivity index (χ0n) is 11.4. The number of nitrogens with zero attached hydrogens (tertiary/aromatic N) is 2. The highest BCUT2D eigenvalue weighted by Gasteiger charge is 2.33. The molecule has 18 heavy (non-hydrogen) atoms. The van der Waals surface area contributed by atoms with Gasteiger partial charge in [0.15, 0.2) is 0 Å². The molecule has 1 saturated carbocycles. The van der Waals surface area contributed by atoms with Crippen molar-refractivity contribution in [2.45, 2.75) is 37.8 Å². The maximum atomic E-state index is 9.37. The molecular formula is C14H27N3O. The van der Waals surface area contributed by atoms with Crippen LogP contribution in [0.1, 0.15) is 25.7 Å². The normalized spacial score (nSPS) is 36.5. The maximum absolute atomic E-state index is 9.37. The third-order valence-electron chi connectivity index (χ3n) is 4.99. The molecule has 0 unspecified atom stereocenters. The van der Waals surface area contributed by atoms with E-state index in [-0.39, 0.29) is 6.10 Å². The van der Waals surface area contributed by atoms with Crippen LogP contribution in [-0.2, 0) is 0 Å². The number of hydrogen-bond donors (Lipinski definition) is 2. The van der Waals surface area contributed by atoms with Crippen molar-refractivity contribution in [3.05, 3.63) is 0 Å². The van der Waals surface area contributed by atoms with Gasteiger partial charge in [-0.15, -0.1) is 0 Å². The highest BCUT2D eigenvalue weighted by atomic mass is 16.3. The van der Waals surface area contributed by atoms with Crippen LogP contribution in [0.3, 0.4) is 0 Å². The molecule has 0 amide bonds. The average molecular weight is 253 g/mol. The Bertz CT molecular complexity index is 254. The summed E-state index contributed by atoms with van der Waals surface area (Å²) in [6.45, 7) is 8.62. The van der Waals surface area contributed by atoms with Crippen molar-refractivity contribution in [3.63, 3.8) is 0 Å². The number of piperazine rings is 1. The van der Waals surface area contributed by atoms with Gasteiger partial charge in [0.05, 0.1) is 6.10 Å². The maximum Gasteiger partial charge on any atom is 0.0570 e. The fourth-order valence-corrected chi connectivity index (χ4v) is 3.60. The Morgan fingerprint density at radius 3 is 2.28 bits per heavy atom. The van der Waals surface area contributed by atoms with Gasteiger partial charge in [-0.2, -0.15) is 0 Å². The predicted molar refractivity (Wildman–Crippen MR) is 72.6 cm³/mol. The van der Waals surface area contributed by atoms with Gasteiger partial charge in [0.2, 0.25) is 0 Å². The molecule has 0 aromatic heterocycles. The van der Waals surface area contributed by atoms with E-state index < -0.39 is 0 Å². The van der Waals surface area contributed by atoms with Crippen LogP contribution in [0.4, 0.5) is 0 Å². The van der Waals surface area contributed by atoms with Crippen LogP contribution < -0.4 is 5.32 Å². The monoisotopic (exact) mass is 253 g/mol. The van der Waals surface area contributed by atoms with Crippen LogP contribution in [0.2, 0.25) is 0 Å². The second-order valence-electron chi connectivity index (χ2n) is 6.31. The van der Waals surface area contributed by atoms with Gasteiger partial charge in [-0.25, -0.2) is 0 Å². The number of rotatable bonds is 3. The van der Waals surface area contributed by atoms with Gasteiger partial charge in [-0.3, -0.25) is 4.90 Å². The van der Waals surface area contributed by atoms with E-state index in [2.05, 4.69) is 15.1 Å². The van der Waals surface area contributed by atoms with E-state index in [9.17, 15) is 5.11 Å². The van der Waals surface area contributed by atoms with Crippen molar-refractivity contribution in [1.82, 2.24) is 15.1 Å². The summed E-state index contributed by atoms with van der Waals surface area (Å²) < 4.78 is 0. The second kappa shape index (κ2) is 5.87. The number of aliphatic hydroxyl groups excluding tert-OH is 1. The topological polar surface area (TPSA) is 38.7 Å². The number of piperidine rings is 1. The first-order valence-corrected chi connectivity index (χ1v) is 7.66. The third kappa shape index (κ3) is 3.05. The molecule has 4 nitrogen and oxygen atoms in total. The van der Waals surface area contributed by atoms with Crippen LogP contribution >= 0.6 is 0 Å². The summed E-state index contributed by atoms with van der Waals surface area (Å²) >= 11 is 0. The zero-order valence-corrected chi connectivity index (χ0v) is 11.4. The molecule has 3 fully saturated rings. The van der Waals surface area contributed by atoms with Crippen LogP contribution in [0, 0.1) is 5.92 Å². The van der Waals surface area contributed by atoms with Crippen LogP contribution in [-0.4, -0.2) is 72.9 Å². The lowest BCUT2D eigenvalue weighted by atomic mass is 9.87. The first kappa shape index (κ1) is 12.9. The predicted octanol–water partition coefficient (Wildman–Crippen LogP) is 0.127. The van der Waals surface area contributed by atoms with Crippen molar-refractivity contribution in [2.75, 3.05) is 45.8 Å². The third-order valence-corrected chi connectivity index (χ3v) is 4.99. The molecule has 3 aliphatic rings. The van der Waals surface area contributed by atoms with E-state index in [1.54, 1.807) is 0 Å². The molecule has 0 aromatic carbocycles. The Labute approximate surface area is 110 Å². The second-order valence-corrected chi connectivity index (χ2v) is 6.31. The zero-order chi connectivity index (χ0) is 12.4. The molecule has 2 saturated heterocycles. The Kier molecular flexibility index (Phi) is 4.19. The van der Waals surface area contributed by atoms with Crippen molar-refractivity contribution >= 4 is 0 Å². The summed E-state index contributed by atoms with van der Waals surface area (Å²) in [5.74, 6) is 0.920. The molecule has 0 bridgehead atoms. The highest BCUT2D eigenvalue weighted by Crippen LogP contribution is 2.26. The molecule has 0 radical (unpaired) electrons. The Hall–Kier alpha value is -0.160. The quantitative estimate of drug-likeness (QED) is 0.750. The van der Waals surface area contributed by atoms with Crippen LogP contribution in [0.15, 0.2) is 0 Å². The molecule has 0 atom stereocenters. The van der Waals surface area contributed by atoms with E-state index in [0.717, 1.165) is 18.8 Å². The standard InChI is InChI=1S/C14H27N3O/c18-14-9-13(10-14)17-7-5-16(6-8-17)11-12-1-3-15-4-2-12/h12-15,18H,1-11H2.